The Bertz CT molecular complexity index is 403. The first-order chi connectivity index (χ1) is 8.75. The largest absolute Gasteiger partial charge is 0.504 e. The molecular formula is C13H19N3O2. The summed E-state index contributed by atoms with van der Waals surface area (Å²) in [5.41, 5.74) is 0. The van der Waals surface area contributed by atoms with Gasteiger partial charge in [-0.05, 0) is 37.9 Å². The van der Waals surface area contributed by atoms with Crippen molar-refractivity contribution < 1.29 is 9.90 Å². The molecule has 0 saturated carbocycles. The summed E-state index contributed by atoms with van der Waals surface area (Å²) in [4.78, 5) is 15.6. The third kappa shape index (κ3) is 3.70. The smallest absolute Gasteiger partial charge is 0.225 e. The summed E-state index contributed by atoms with van der Waals surface area (Å²) in [5.74, 6) is 0.136. The fourth-order valence-electron chi connectivity index (χ4n) is 2.16. The molecule has 18 heavy (non-hydrogen) atoms. The Labute approximate surface area is 107 Å². The molecule has 98 valence electrons. The van der Waals surface area contributed by atoms with Gasteiger partial charge in [0.1, 0.15) is 0 Å². The molecule has 1 saturated heterocycles. The van der Waals surface area contributed by atoms with Gasteiger partial charge in [-0.3, -0.25) is 4.79 Å². The number of amides is 1. The Hall–Kier alpha value is -1.62. The zero-order valence-corrected chi connectivity index (χ0v) is 10.4. The van der Waals surface area contributed by atoms with E-state index in [9.17, 15) is 9.90 Å². The minimum atomic E-state index is -0.101. The number of aromatic nitrogens is 1. The predicted octanol–water partition coefficient (Wildman–Crippen LogP) is 1.65. The highest BCUT2D eigenvalue weighted by Gasteiger charge is 2.14. The number of rotatable bonds is 4. The van der Waals surface area contributed by atoms with Crippen LogP contribution in [0.25, 0.3) is 0 Å². The molecule has 5 nitrogen and oxygen atoms in total. The highest BCUT2D eigenvalue weighted by molar-refractivity contribution is 5.90. The first-order valence-corrected chi connectivity index (χ1v) is 6.43. The number of piperidine rings is 1. The van der Waals surface area contributed by atoms with E-state index in [0.29, 0.717) is 12.5 Å². The van der Waals surface area contributed by atoms with Crippen LogP contribution < -0.4 is 10.6 Å². The van der Waals surface area contributed by atoms with Crippen LogP contribution in [0.3, 0.4) is 0 Å². The van der Waals surface area contributed by atoms with Crippen LogP contribution in [0, 0.1) is 0 Å². The van der Waals surface area contributed by atoms with Crippen LogP contribution in [0.1, 0.15) is 32.1 Å². The van der Waals surface area contributed by atoms with E-state index >= 15 is 0 Å². The van der Waals surface area contributed by atoms with E-state index in [0.717, 1.165) is 19.4 Å². The summed E-state index contributed by atoms with van der Waals surface area (Å²) in [6.45, 7) is 1.05. The number of carbonyl (C=O) groups excluding carboxylic acids is 1. The molecule has 1 aromatic rings. The molecule has 1 aromatic heterocycles. The topological polar surface area (TPSA) is 74.2 Å². The van der Waals surface area contributed by atoms with Crippen LogP contribution in [-0.4, -0.2) is 28.6 Å². The SMILES string of the molecule is O=C(CCC1CCCCN1)Nc1ncccc1O. The average molecular weight is 249 g/mol. The highest BCUT2D eigenvalue weighted by atomic mass is 16.3. The van der Waals surface area contributed by atoms with Crippen LogP contribution in [0.5, 0.6) is 5.75 Å². The second kappa shape index (κ2) is 6.35. The molecule has 1 aliphatic heterocycles. The molecule has 0 spiro atoms. The molecule has 3 N–H and O–H groups in total. The predicted molar refractivity (Wildman–Crippen MR) is 69.4 cm³/mol. The van der Waals surface area contributed by atoms with Gasteiger partial charge in [0.05, 0.1) is 0 Å². The Kier molecular flexibility index (Phi) is 4.52. The molecule has 5 heteroatoms. The summed E-state index contributed by atoms with van der Waals surface area (Å²) in [5, 5.41) is 15.5. The highest BCUT2D eigenvalue weighted by Crippen LogP contribution is 2.19. The third-order valence-corrected chi connectivity index (χ3v) is 3.18. The monoisotopic (exact) mass is 249 g/mol. The number of aromatic hydroxyl groups is 1. The van der Waals surface area contributed by atoms with E-state index in [1.807, 2.05) is 0 Å². The Morgan fingerprint density at radius 3 is 3.17 bits per heavy atom. The lowest BCUT2D eigenvalue weighted by Crippen LogP contribution is -2.34. The minimum absolute atomic E-state index is 0.00152. The zero-order valence-electron chi connectivity index (χ0n) is 10.4. The number of carbonyl (C=O) groups is 1. The molecule has 0 bridgehead atoms. The fraction of sp³-hybridized carbons (Fsp3) is 0.538. The van der Waals surface area contributed by atoms with Crippen molar-refractivity contribution in [3.8, 4) is 5.75 Å². The van der Waals surface area contributed by atoms with Gasteiger partial charge in [0.2, 0.25) is 5.91 Å². The lowest BCUT2D eigenvalue weighted by Gasteiger charge is -2.22. The zero-order chi connectivity index (χ0) is 12.8. The molecule has 2 rings (SSSR count). The number of hydrogen-bond donors (Lipinski definition) is 3. The summed E-state index contributed by atoms with van der Waals surface area (Å²) in [6, 6.07) is 3.57. The van der Waals surface area contributed by atoms with Gasteiger partial charge in [0.15, 0.2) is 11.6 Å². The maximum Gasteiger partial charge on any atom is 0.225 e. The van der Waals surface area contributed by atoms with Crippen LogP contribution in [0.2, 0.25) is 0 Å². The van der Waals surface area contributed by atoms with E-state index in [2.05, 4.69) is 15.6 Å². The van der Waals surface area contributed by atoms with Crippen LogP contribution >= 0.6 is 0 Å². The lowest BCUT2D eigenvalue weighted by atomic mass is 10.0. The van der Waals surface area contributed by atoms with Crippen LogP contribution in [0.15, 0.2) is 18.3 Å². The lowest BCUT2D eigenvalue weighted by molar-refractivity contribution is -0.116. The molecule has 2 heterocycles. The third-order valence-electron chi connectivity index (χ3n) is 3.18. The van der Waals surface area contributed by atoms with E-state index in [1.54, 1.807) is 6.07 Å². The van der Waals surface area contributed by atoms with Gasteiger partial charge in [-0.25, -0.2) is 4.98 Å². The van der Waals surface area contributed by atoms with Crippen molar-refractivity contribution in [1.29, 1.82) is 0 Å². The van der Waals surface area contributed by atoms with Gasteiger partial charge >= 0.3 is 0 Å². The normalized spacial score (nSPS) is 19.4. The molecule has 1 amide bonds. The van der Waals surface area contributed by atoms with Crippen molar-refractivity contribution >= 4 is 11.7 Å². The molecular weight excluding hydrogens is 230 g/mol. The first-order valence-electron chi connectivity index (χ1n) is 6.43. The van der Waals surface area contributed by atoms with Crippen molar-refractivity contribution in [2.75, 3.05) is 11.9 Å². The van der Waals surface area contributed by atoms with Crippen molar-refractivity contribution in [1.82, 2.24) is 10.3 Å². The van der Waals surface area contributed by atoms with E-state index < -0.39 is 0 Å². The Balaban J connectivity index is 1.76. The molecule has 1 atom stereocenters. The number of hydrogen-bond acceptors (Lipinski definition) is 4. The molecule has 1 aliphatic rings. The van der Waals surface area contributed by atoms with Gasteiger partial charge in [-0.2, -0.15) is 0 Å². The molecule has 1 unspecified atom stereocenters. The quantitative estimate of drug-likeness (QED) is 0.758. The van der Waals surface area contributed by atoms with Gasteiger partial charge in [-0.15, -0.1) is 0 Å². The first kappa shape index (κ1) is 12.8. The summed E-state index contributed by atoms with van der Waals surface area (Å²) < 4.78 is 0. The van der Waals surface area contributed by atoms with Crippen molar-refractivity contribution in [3.63, 3.8) is 0 Å². The van der Waals surface area contributed by atoms with Crippen molar-refractivity contribution in [2.45, 2.75) is 38.1 Å². The molecule has 0 aromatic carbocycles. The maximum atomic E-state index is 11.7. The van der Waals surface area contributed by atoms with Gasteiger partial charge in [-0.1, -0.05) is 6.42 Å². The Morgan fingerprint density at radius 1 is 1.56 bits per heavy atom. The van der Waals surface area contributed by atoms with Crippen LogP contribution in [-0.2, 0) is 4.79 Å². The molecule has 1 fully saturated rings. The number of anilines is 1. The van der Waals surface area contributed by atoms with Gasteiger partial charge < -0.3 is 15.7 Å². The van der Waals surface area contributed by atoms with Gasteiger partial charge in [0, 0.05) is 18.7 Å². The van der Waals surface area contributed by atoms with Gasteiger partial charge in [0.25, 0.3) is 0 Å². The Morgan fingerprint density at radius 2 is 2.44 bits per heavy atom. The van der Waals surface area contributed by atoms with Crippen LogP contribution in [0.4, 0.5) is 5.82 Å². The summed E-state index contributed by atoms with van der Waals surface area (Å²) >= 11 is 0. The minimum Gasteiger partial charge on any atom is -0.504 e. The van der Waals surface area contributed by atoms with Crippen molar-refractivity contribution in [2.24, 2.45) is 0 Å². The van der Waals surface area contributed by atoms with Crippen molar-refractivity contribution in [3.05, 3.63) is 18.3 Å². The summed E-state index contributed by atoms with van der Waals surface area (Å²) in [6.07, 6.45) is 6.43. The maximum absolute atomic E-state index is 11.7. The number of pyridine rings is 1. The molecule has 0 radical (unpaired) electrons. The average Bonchev–Trinajstić information content (AvgIpc) is 2.40. The second-order valence-electron chi connectivity index (χ2n) is 4.60. The summed E-state index contributed by atoms with van der Waals surface area (Å²) in [7, 11) is 0. The van der Waals surface area contributed by atoms with E-state index in [1.165, 1.54) is 25.1 Å². The van der Waals surface area contributed by atoms with E-state index in [-0.39, 0.29) is 17.5 Å². The fourth-order valence-corrected chi connectivity index (χ4v) is 2.16. The number of nitrogens with zero attached hydrogens (tertiary/aromatic N) is 1. The second-order valence-corrected chi connectivity index (χ2v) is 4.60. The van der Waals surface area contributed by atoms with E-state index in [4.69, 9.17) is 0 Å². The standard InChI is InChI=1S/C13H19N3O2/c17-11-5-3-9-15-13(11)16-12(18)7-6-10-4-1-2-8-14-10/h3,5,9-10,14,17H,1-2,4,6-8H2,(H,15,16,18). The number of nitrogens with one attached hydrogen (secondary N) is 2. The molecule has 0 aliphatic carbocycles.